The second kappa shape index (κ2) is 5.36. The molecule has 0 fully saturated rings. The second-order valence-corrected chi connectivity index (χ2v) is 9.18. The van der Waals surface area contributed by atoms with Gasteiger partial charge >= 0.3 is 0 Å². The summed E-state index contributed by atoms with van der Waals surface area (Å²) in [7, 11) is -3.56. The zero-order chi connectivity index (χ0) is 13.3. The Morgan fingerprint density at radius 2 is 2.06 bits per heavy atom. The third-order valence-electron chi connectivity index (χ3n) is 2.34. The van der Waals surface area contributed by atoms with Crippen molar-refractivity contribution in [3.63, 3.8) is 0 Å². The highest BCUT2D eigenvalue weighted by atomic mass is 79.9. The van der Waals surface area contributed by atoms with Gasteiger partial charge in [-0.3, -0.25) is 0 Å². The Balaban J connectivity index is 2.94. The molecule has 98 valence electrons. The number of aliphatic hydroxyl groups excluding tert-OH is 1. The fourth-order valence-corrected chi connectivity index (χ4v) is 4.64. The predicted octanol–water partition coefficient (Wildman–Crippen LogP) is 2.20. The number of nitrogens with one attached hydrogen (secondary N) is 1. The minimum absolute atomic E-state index is 0.227. The van der Waals surface area contributed by atoms with Crippen molar-refractivity contribution in [2.75, 3.05) is 6.61 Å². The molecule has 0 saturated carbocycles. The van der Waals surface area contributed by atoms with E-state index >= 15 is 0 Å². The van der Waals surface area contributed by atoms with E-state index in [9.17, 15) is 13.5 Å². The van der Waals surface area contributed by atoms with Crippen LogP contribution in [0.2, 0.25) is 0 Å². The van der Waals surface area contributed by atoms with E-state index in [4.69, 9.17) is 0 Å². The Kier molecular flexibility index (Phi) is 4.76. The van der Waals surface area contributed by atoms with Crippen molar-refractivity contribution in [2.45, 2.75) is 31.0 Å². The first-order chi connectivity index (χ1) is 7.66. The predicted molar refractivity (Wildman–Crippen MR) is 72.7 cm³/mol. The molecule has 0 spiro atoms. The van der Waals surface area contributed by atoms with Gasteiger partial charge in [0, 0.05) is 0 Å². The molecule has 1 heterocycles. The molecular formula is C10H16BrNO3S2. The van der Waals surface area contributed by atoms with Crippen LogP contribution in [0.25, 0.3) is 0 Å². The van der Waals surface area contributed by atoms with Crippen molar-refractivity contribution in [1.29, 1.82) is 0 Å². The summed E-state index contributed by atoms with van der Waals surface area (Å²) >= 11 is 4.37. The molecule has 0 aliphatic rings. The van der Waals surface area contributed by atoms with Crippen LogP contribution in [0, 0.1) is 5.41 Å². The molecule has 0 amide bonds. The van der Waals surface area contributed by atoms with Crippen LogP contribution in [0.5, 0.6) is 0 Å². The van der Waals surface area contributed by atoms with E-state index in [-0.39, 0.29) is 16.2 Å². The van der Waals surface area contributed by atoms with Crippen molar-refractivity contribution >= 4 is 37.3 Å². The lowest BCUT2D eigenvalue weighted by Crippen LogP contribution is -2.45. The minimum atomic E-state index is -3.56. The van der Waals surface area contributed by atoms with Crippen molar-refractivity contribution in [1.82, 2.24) is 4.72 Å². The molecule has 0 saturated heterocycles. The lowest BCUT2D eigenvalue weighted by molar-refractivity contribution is 0.177. The molecule has 17 heavy (non-hydrogen) atoms. The zero-order valence-electron chi connectivity index (χ0n) is 9.90. The Morgan fingerprint density at radius 1 is 1.47 bits per heavy atom. The third-order valence-corrected chi connectivity index (χ3v) is 5.93. The van der Waals surface area contributed by atoms with Crippen molar-refractivity contribution in [3.05, 3.63) is 15.9 Å². The first-order valence-electron chi connectivity index (χ1n) is 5.05. The Morgan fingerprint density at radius 3 is 2.41 bits per heavy atom. The minimum Gasteiger partial charge on any atom is -0.395 e. The lowest BCUT2D eigenvalue weighted by atomic mass is 9.88. The Labute approximate surface area is 114 Å². The molecule has 0 radical (unpaired) electrons. The zero-order valence-corrected chi connectivity index (χ0v) is 13.1. The Bertz CT molecular complexity index is 476. The molecule has 1 aromatic heterocycles. The largest absolute Gasteiger partial charge is 0.395 e. The summed E-state index contributed by atoms with van der Waals surface area (Å²) in [5.74, 6) is 0. The highest BCUT2D eigenvalue weighted by Gasteiger charge is 2.29. The number of halogens is 1. The number of sulfonamides is 1. The average molecular weight is 342 g/mol. The van der Waals surface area contributed by atoms with Crippen LogP contribution in [0.1, 0.15) is 20.8 Å². The van der Waals surface area contributed by atoms with Crippen molar-refractivity contribution in [2.24, 2.45) is 5.41 Å². The maximum Gasteiger partial charge on any atom is 0.250 e. The standard InChI is InChI=1S/C10H16BrNO3S2/c1-10(2,3)7(6-13)12-17(14,15)9-5-4-8(11)16-9/h4-5,7,12-13H,6H2,1-3H3. The van der Waals surface area contributed by atoms with Gasteiger partial charge in [0.15, 0.2) is 0 Å². The third kappa shape index (κ3) is 4.03. The van der Waals surface area contributed by atoms with Crippen molar-refractivity contribution in [3.8, 4) is 0 Å². The first kappa shape index (κ1) is 15.1. The Hall–Kier alpha value is 0.0500. The van der Waals surface area contributed by atoms with E-state index in [1.807, 2.05) is 20.8 Å². The molecule has 1 unspecified atom stereocenters. The van der Waals surface area contributed by atoms with Crippen molar-refractivity contribution < 1.29 is 13.5 Å². The van der Waals surface area contributed by atoms with Crippen LogP contribution in [0.3, 0.4) is 0 Å². The van der Waals surface area contributed by atoms with E-state index < -0.39 is 16.1 Å². The topological polar surface area (TPSA) is 66.4 Å². The molecular weight excluding hydrogens is 326 g/mol. The normalized spacial score (nSPS) is 14.9. The van der Waals surface area contributed by atoms with Gasteiger partial charge in [-0.2, -0.15) is 0 Å². The molecule has 0 aliphatic heterocycles. The van der Waals surface area contributed by atoms with Gasteiger partial charge in [0.2, 0.25) is 10.0 Å². The quantitative estimate of drug-likeness (QED) is 0.882. The summed E-state index contributed by atoms with van der Waals surface area (Å²) in [4.78, 5) is 0. The van der Waals surface area contributed by atoms with Crippen LogP contribution in [-0.4, -0.2) is 26.2 Å². The number of hydrogen-bond acceptors (Lipinski definition) is 4. The smallest absolute Gasteiger partial charge is 0.250 e. The molecule has 4 nitrogen and oxygen atoms in total. The van der Waals surface area contributed by atoms with Gasteiger partial charge in [-0.1, -0.05) is 20.8 Å². The SMILES string of the molecule is CC(C)(C)C(CO)NS(=O)(=O)c1ccc(Br)s1. The summed E-state index contributed by atoms with van der Waals surface area (Å²) in [6.07, 6.45) is 0. The van der Waals surface area contributed by atoms with E-state index in [0.717, 1.165) is 15.1 Å². The molecule has 0 bridgehead atoms. The van der Waals surface area contributed by atoms with E-state index in [1.54, 1.807) is 6.07 Å². The highest BCUT2D eigenvalue weighted by molar-refractivity contribution is 9.11. The van der Waals surface area contributed by atoms with Gasteiger partial charge in [-0.15, -0.1) is 11.3 Å². The lowest BCUT2D eigenvalue weighted by Gasteiger charge is -2.29. The fourth-order valence-electron chi connectivity index (χ4n) is 1.18. The molecule has 0 aromatic carbocycles. The molecule has 1 atom stereocenters. The highest BCUT2D eigenvalue weighted by Crippen LogP contribution is 2.27. The molecule has 2 N–H and O–H groups in total. The summed E-state index contributed by atoms with van der Waals surface area (Å²) in [6.45, 7) is 5.40. The maximum atomic E-state index is 12.0. The van der Waals surface area contributed by atoms with Gasteiger partial charge in [0.1, 0.15) is 4.21 Å². The summed E-state index contributed by atoms with van der Waals surface area (Å²) in [5.41, 5.74) is -0.337. The van der Waals surface area contributed by atoms with E-state index in [0.29, 0.717) is 0 Å². The fraction of sp³-hybridized carbons (Fsp3) is 0.600. The summed E-state index contributed by atoms with van der Waals surface area (Å²) < 4.78 is 27.6. The number of thiophene rings is 1. The van der Waals surface area contributed by atoms with Gasteiger partial charge in [0.05, 0.1) is 16.4 Å². The van der Waals surface area contributed by atoms with Crippen LogP contribution in [0.4, 0.5) is 0 Å². The van der Waals surface area contributed by atoms with E-state index in [1.165, 1.54) is 6.07 Å². The molecule has 1 rings (SSSR count). The van der Waals surface area contributed by atoms with Gasteiger partial charge < -0.3 is 5.11 Å². The van der Waals surface area contributed by atoms with Gasteiger partial charge in [-0.25, -0.2) is 13.1 Å². The monoisotopic (exact) mass is 341 g/mol. The van der Waals surface area contributed by atoms with Crippen LogP contribution in [0.15, 0.2) is 20.1 Å². The van der Waals surface area contributed by atoms with Crippen LogP contribution in [-0.2, 0) is 10.0 Å². The first-order valence-corrected chi connectivity index (χ1v) is 8.14. The number of rotatable bonds is 4. The molecule has 1 aromatic rings. The van der Waals surface area contributed by atoms with Crippen LogP contribution < -0.4 is 4.72 Å². The second-order valence-electron chi connectivity index (χ2n) is 4.78. The summed E-state index contributed by atoms with van der Waals surface area (Å²) in [5, 5.41) is 9.24. The summed E-state index contributed by atoms with van der Waals surface area (Å²) in [6, 6.07) is 2.71. The number of hydrogen-bond donors (Lipinski definition) is 2. The average Bonchev–Trinajstić information content (AvgIpc) is 2.60. The maximum absolute atomic E-state index is 12.0. The molecule has 7 heteroatoms. The molecule has 0 aliphatic carbocycles. The van der Waals surface area contributed by atoms with Crippen LogP contribution >= 0.6 is 27.3 Å². The van der Waals surface area contributed by atoms with Gasteiger partial charge in [0.25, 0.3) is 0 Å². The van der Waals surface area contributed by atoms with Gasteiger partial charge in [-0.05, 0) is 33.5 Å². The van der Waals surface area contributed by atoms with E-state index in [2.05, 4.69) is 20.7 Å². The number of aliphatic hydroxyl groups is 1.